The van der Waals surface area contributed by atoms with E-state index in [9.17, 15) is 15.3 Å². The number of halogens is 1. The van der Waals surface area contributed by atoms with Crippen molar-refractivity contribution in [3.63, 3.8) is 0 Å². The molecule has 2 heterocycles. The van der Waals surface area contributed by atoms with Gasteiger partial charge in [0, 0.05) is 12.1 Å². The molecule has 2 aliphatic heterocycles. The van der Waals surface area contributed by atoms with E-state index in [0.29, 0.717) is 36.0 Å². The normalized spacial score (nSPS) is 28.9. The molecule has 1 saturated heterocycles. The number of methoxy groups -OCH3 is 1. The van der Waals surface area contributed by atoms with Crippen molar-refractivity contribution in [1.82, 2.24) is 0 Å². The van der Waals surface area contributed by atoms with E-state index in [1.54, 1.807) is 12.1 Å². The van der Waals surface area contributed by atoms with Crippen molar-refractivity contribution in [1.29, 1.82) is 0 Å². The van der Waals surface area contributed by atoms with Crippen LogP contribution in [0.1, 0.15) is 22.8 Å². The van der Waals surface area contributed by atoms with Gasteiger partial charge in [0.2, 0.25) is 0 Å². The minimum Gasteiger partial charge on any atom is -0.486 e. The average Bonchev–Trinajstić information content (AvgIpc) is 2.74. The second-order valence-electron chi connectivity index (χ2n) is 7.14. The van der Waals surface area contributed by atoms with E-state index in [1.165, 1.54) is 7.11 Å². The number of ether oxygens (including phenoxy) is 4. The van der Waals surface area contributed by atoms with Crippen molar-refractivity contribution < 1.29 is 34.3 Å². The van der Waals surface area contributed by atoms with Crippen LogP contribution in [-0.4, -0.2) is 60.2 Å². The smallest absolute Gasteiger partial charge is 0.186 e. The van der Waals surface area contributed by atoms with E-state index in [0.717, 1.165) is 16.9 Å². The van der Waals surface area contributed by atoms with Crippen molar-refractivity contribution in [3.05, 3.63) is 58.1 Å². The van der Waals surface area contributed by atoms with Crippen LogP contribution in [0.15, 0.2) is 36.4 Å². The highest BCUT2D eigenvalue weighted by Gasteiger charge is 2.44. The molecule has 0 aliphatic carbocycles. The zero-order valence-electron chi connectivity index (χ0n) is 15.8. The molecule has 0 saturated carbocycles. The maximum Gasteiger partial charge on any atom is 0.186 e. The Kier molecular flexibility index (Phi) is 5.96. The van der Waals surface area contributed by atoms with Gasteiger partial charge >= 0.3 is 0 Å². The minimum atomic E-state index is -1.39. The molecule has 0 aromatic heterocycles. The van der Waals surface area contributed by atoms with E-state index in [1.807, 2.05) is 24.3 Å². The predicted octanol–water partition coefficient (Wildman–Crippen LogP) is 1.83. The van der Waals surface area contributed by atoms with Gasteiger partial charge in [0.15, 0.2) is 17.8 Å². The van der Waals surface area contributed by atoms with Crippen molar-refractivity contribution in [3.8, 4) is 11.5 Å². The summed E-state index contributed by atoms with van der Waals surface area (Å²) in [7, 11) is 1.37. The van der Waals surface area contributed by atoms with Crippen LogP contribution in [0.4, 0.5) is 0 Å². The Morgan fingerprint density at radius 1 is 0.966 bits per heavy atom. The molecule has 0 amide bonds. The van der Waals surface area contributed by atoms with Crippen LogP contribution in [0.5, 0.6) is 11.5 Å². The summed E-state index contributed by atoms with van der Waals surface area (Å²) >= 11 is 6.40. The summed E-state index contributed by atoms with van der Waals surface area (Å²) in [6.07, 6.45) is -5.42. The number of rotatable bonds is 4. The van der Waals surface area contributed by atoms with Crippen LogP contribution >= 0.6 is 11.6 Å². The highest BCUT2D eigenvalue weighted by atomic mass is 35.5. The Bertz CT molecular complexity index is 872. The Morgan fingerprint density at radius 2 is 1.72 bits per heavy atom. The van der Waals surface area contributed by atoms with Crippen LogP contribution in [-0.2, 0) is 15.9 Å². The van der Waals surface area contributed by atoms with E-state index in [4.69, 9.17) is 30.5 Å². The van der Waals surface area contributed by atoms with Gasteiger partial charge in [0.25, 0.3) is 0 Å². The fourth-order valence-corrected chi connectivity index (χ4v) is 3.83. The number of benzene rings is 2. The van der Waals surface area contributed by atoms with Crippen molar-refractivity contribution in [2.45, 2.75) is 37.1 Å². The van der Waals surface area contributed by atoms with Gasteiger partial charge in [-0.1, -0.05) is 29.8 Å². The third-order valence-corrected chi connectivity index (χ3v) is 5.57. The van der Waals surface area contributed by atoms with Crippen molar-refractivity contribution >= 4 is 11.6 Å². The molecular formula is C21H23ClO7. The second-order valence-corrected chi connectivity index (χ2v) is 7.55. The molecule has 0 spiro atoms. The van der Waals surface area contributed by atoms with Crippen molar-refractivity contribution in [2.75, 3.05) is 20.3 Å². The Hall–Kier alpha value is -1.87. The van der Waals surface area contributed by atoms with Crippen molar-refractivity contribution in [2.24, 2.45) is 0 Å². The molecule has 3 N–H and O–H groups in total. The lowest BCUT2D eigenvalue weighted by Gasteiger charge is -2.40. The summed E-state index contributed by atoms with van der Waals surface area (Å²) in [5.41, 5.74) is 2.44. The molecule has 0 bridgehead atoms. The molecule has 1 fully saturated rings. The molecule has 4 rings (SSSR count). The van der Waals surface area contributed by atoms with E-state index >= 15 is 0 Å². The Labute approximate surface area is 173 Å². The van der Waals surface area contributed by atoms with E-state index in [-0.39, 0.29) is 0 Å². The highest BCUT2D eigenvalue weighted by Crippen LogP contribution is 2.36. The molecule has 2 aromatic carbocycles. The highest BCUT2D eigenvalue weighted by molar-refractivity contribution is 6.31. The Balaban J connectivity index is 1.59. The second kappa shape index (κ2) is 8.47. The topological polar surface area (TPSA) is 97.6 Å². The fraction of sp³-hybridized carbons (Fsp3) is 0.429. The van der Waals surface area contributed by atoms with Crippen LogP contribution in [0, 0.1) is 0 Å². The SMILES string of the molecule is CO[C@@H]1O[C@@H](c2ccc(Cl)c(Cc3ccc4c(c3)OCCO4)c2)[C@H](O)[C@@H](O)[C@@H]1O. The first kappa shape index (κ1) is 20.4. The van der Waals surface area contributed by atoms with E-state index in [2.05, 4.69) is 0 Å². The molecule has 2 aromatic rings. The van der Waals surface area contributed by atoms with Crippen LogP contribution in [0.3, 0.4) is 0 Å². The lowest BCUT2D eigenvalue weighted by molar-refractivity contribution is -0.292. The molecule has 156 valence electrons. The van der Waals surface area contributed by atoms with Gasteiger partial charge < -0.3 is 34.3 Å². The maximum absolute atomic E-state index is 10.4. The molecular weight excluding hydrogens is 400 g/mol. The summed E-state index contributed by atoms with van der Waals surface area (Å²) in [6.45, 7) is 1.05. The summed E-state index contributed by atoms with van der Waals surface area (Å²) in [6, 6.07) is 11.0. The standard InChI is InChI=1S/C21H23ClO7/c1-26-21-19(25)17(23)18(24)20(29-21)12-3-4-14(22)13(10-12)8-11-2-5-15-16(9-11)28-7-6-27-15/h2-5,9-10,17-21,23-25H,6-8H2,1H3/t17-,18-,19+,20+,21-/m1/s1. The zero-order chi connectivity index (χ0) is 20.5. The van der Waals surface area contributed by atoms with Gasteiger partial charge in [-0.3, -0.25) is 0 Å². The van der Waals surface area contributed by atoms with E-state index < -0.39 is 30.7 Å². The summed E-state index contributed by atoms with van der Waals surface area (Å²) in [5, 5.41) is 31.1. The Morgan fingerprint density at radius 3 is 2.48 bits per heavy atom. The van der Waals surface area contributed by atoms with Gasteiger partial charge in [-0.15, -0.1) is 0 Å². The minimum absolute atomic E-state index is 0.512. The lowest BCUT2D eigenvalue weighted by atomic mass is 9.92. The number of aliphatic hydroxyl groups excluding tert-OH is 3. The number of hydrogen-bond donors (Lipinski definition) is 3. The van der Waals surface area contributed by atoms with Gasteiger partial charge in [-0.25, -0.2) is 0 Å². The molecule has 2 aliphatic rings. The third-order valence-electron chi connectivity index (χ3n) is 5.20. The van der Waals surface area contributed by atoms with Gasteiger partial charge in [0.05, 0.1) is 0 Å². The number of hydrogen-bond acceptors (Lipinski definition) is 7. The maximum atomic E-state index is 10.4. The quantitative estimate of drug-likeness (QED) is 0.691. The summed E-state index contributed by atoms with van der Waals surface area (Å²) in [4.78, 5) is 0. The van der Waals surface area contributed by atoms with Gasteiger partial charge in [0.1, 0.15) is 37.6 Å². The average molecular weight is 423 g/mol. The number of aliphatic hydroxyl groups is 3. The van der Waals surface area contributed by atoms with Gasteiger partial charge in [-0.05, 0) is 41.3 Å². The summed E-state index contributed by atoms with van der Waals surface area (Å²) in [5.74, 6) is 1.42. The molecule has 0 radical (unpaired) electrons. The van der Waals surface area contributed by atoms with Crippen LogP contribution < -0.4 is 9.47 Å². The molecule has 7 nitrogen and oxygen atoms in total. The molecule has 5 atom stereocenters. The molecule has 29 heavy (non-hydrogen) atoms. The first-order valence-electron chi connectivity index (χ1n) is 9.37. The largest absolute Gasteiger partial charge is 0.486 e. The van der Waals surface area contributed by atoms with Crippen LogP contribution in [0.2, 0.25) is 5.02 Å². The fourth-order valence-electron chi connectivity index (χ4n) is 3.64. The number of fused-ring (bicyclic) bond motifs is 1. The third kappa shape index (κ3) is 4.07. The lowest BCUT2D eigenvalue weighted by Crippen LogP contribution is -2.54. The molecule has 0 unspecified atom stereocenters. The first-order chi connectivity index (χ1) is 14.0. The molecule has 8 heteroatoms. The monoisotopic (exact) mass is 422 g/mol. The van der Waals surface area contributed by atoms with Gasteiger partial charge in [-0.2, -0.15) is 0 Å². The van der Waals surface area contributed by atoms with Crippen LogP contribution in [0.25, 0.3) is 0 Å². The zero-order valence-corrected chi connectivity index (χ0v) is 16.6. The summed E-state index contributed by atoms with van der Waals surface area (Å²) < 4.78 is 21.9. The first-order valence-corrected chi connectivity index (χ1v) is 9.75. The predicted molar refractivity (Wildman–Crippen MR) is 104 cm³/mol.